The number of nitrogens with two attached hydrogens (primary N) is 1. The van der Waals surface area contributed by atoms with Gasteiger partial charge in [0.2, 0.25) is 5.91 Å². The number of hydrogen-bond acceptors (Lipinski definition) is 1. The maximum Gasteiger partial charge on any atom is 0.417 e. The summed E-state index contributed by atoms with van der Waals surface area (Å²) in [6, 6.07) is 8.60. The molecule has 0 unspecified atom stereocenters. The summed E-state index contributed by atoms with van der Waals surface area (Å²) in [5.74, 6) is -1.08. The molecular weight excluding hydrogens is 231 g/mol. The summed E-state index contributed by atoms with van der Waals surface area (Å²) in [5, 5.41) is 0.971. The number of primary amides is 1. The lowest BCUT2D eigenvalue weighted by atomic mass is 10.00. The van der Waals surface area contributed by atoms with Crippen LogP contribution in [0.5, 0.6) is 0 Å². The number of carbonyl (C=O) groups excluding carboxylic acids is 1. The fourth-order valence-electron chi connectivity index (χ4n) is 1.68. The van der Waals surface area contributed by atoms with E-state index in [0.29, 0.717) is 10.8 Å². The largest absolute Gasteiger partial charge is 0.417 e. The monoisotopic (exact) mass is 239 g/mol. The van der Waals surface area contributed by atoms with Crippen LogP contribution in [0.3, 0.4) is 0 Å². The zero-order valence-electron chi connectivity index (χ0n) is 8.58. The van der Waals surface area contributed by atoms with Crippen molar-refractivity contribution >= 4 is 16.7 Å². The molecule has 0 atom stereocenters. The number of benzene rings is 2. The summed E-state index contributed by atoms with van der Waals surface area (Å²) in [5.41, 5.74) is 3.46. The van der Waals surface area contributed by atoms with Gasteiger partial charge in [0.25, 0.3) is 0 Å². The SMILES string of the molecule is NC(=O)c1cc2ccccc2cc1C(F)(F)F. The van der Waals surface area contributed by atoms with Crippen LogP contribution in [0.2, 0.25) is 0 Å². The predicted octanol–water partition coefficient (Wildman–Crippen LogP) is 2.96. The van der Waals surface area contributed by atoms with Crippen LogP contribution in [0.1, 0.15) is 15.9 Å². The number of carbonyl (C=O) groups is 1. The summed E-state index contributed by atoms with van der Waals surface area (Å²) >= 11 is 0. The highest BCUT2D eigenvalue weighted by molar-refractivity contribution is 5.99. The van der Waals surface area contributed by atoms with E-state index in [9.17, 15) is 18.0 Å². The zero-order valence-corrected chi connectivity index (χ0v) is 8.58. The Hall–Kier alpha value is -2.04. The van der Waals surface area contributed by atoms with Gasteiger partial charge in [-0.3, -0.25) is 4.79 Å². The molecule has 0 spiro atoms. The van der Waals surface area contributed by atoms with Crippen LogP contribution >= 0.6 is 0 Å². The van der Waals surface area contributed by atoms with Crippen molar-refractivity contribution < 1.29 is 18.0 Å². The maximum atomic E-state index is 12.7. The smallest absolute Gasteiger partial charge is 0.366 e. The van der Waals surface area contributed by atoms with Gasteiger partial charge in [0.1, 0.15) is 0 Å². The molecule has 2 nitrogen and oxygen atoms in total. The third-order valence-electron chi connectivity index (χ3n) is 2.46. The molecule has 0 fully saturated rings. The molecule has 1 amide bonds. The van der Waals surface area contributed by atoms with Crippen LogP contribution in [0.25, 0.3) is 10.8 Å². The van der Waals surface area contributed by atoms with Crippen molar-refractivity contribution in [2.75, 3.05) is 0 Å². The third kappa shape index (κ3) is 2.08. The Bertz CT molecular complexity index is 590. The first-order chi connectivity index (χ1) is 7.89. The Morgan fingerprint density at radius 3 is 2.06 bits per heavy atom. The topological polar surface area (TPSA) is 43.1 Å². The number of amides is 1. The van der Waals surface area contributed by atoms with E-state index in [1.807, 2.05) is 0 Å². The first-order valence-corrected chi connectivity index (χ1v) is 4.79. The van der Waals surface area contributed by atoms with Crippen LogP contribution in [-0.4, -0.2) is 5.91 Å². The summed E-state index contributed by atoms with van der Waals surface area (Å²) in [4.78, 5) is 11.0. The van der Waals surface area contributed by atoms with E-state index in [0.717, 1.165) is 6.07 Å². The molecule has 0 saturated carbocycles. The molecule has 0 bridgehead atoms. The minimum atomic E-state index is -4.59. The fraction of sp³-hybridized carbons (Fsp3) is 0.0833. The van der Waals surface area contributed by atoms with Crippen molar-refractivity contribution in [1.82, 2.24) is 0 Å². The number of fused-ring (bicyclic) bond motifs is 1. The Labute approximate surface area is 94.8 Å². The molecule has 0 aliphatic rings. The van der Waals surface area contributed by atoms with E-state index in [1.54, 1.807) is 24.3 Å². The second-order valence-corrected chi connectivity index (χ2v) is 3.61. The Kier molecular flexibility index (Phi) is 2.53. The van der Waals surface area contributed by atoms with E-state index in [1.165, 1.54) is 6.07 Å². The summed E-state index contributed by atoms with van der Waals surface area (Å²) in [7, 11) is 0. The molecule has 2 aromatic carbocycles. The lowest BCUT2D eigenvalue weighted by Crippen LogP contribution is -2.18. The lowest BCUT2D eigenvalue weighted by molar-refractivity contribution is -0.137. The van der Waals surface area contributed by atoms with E-state index >= 15 is 0 Å². The van der Waals surface area contributed by atoms with Gasteiger partial charge in [0, 0.05) is 0 Å². The van der Waals surface area contributed by atoms with Crippen molar-refractivity contribution in [3.05, 3.63) is 47.5 Å². The van der Waals surface area contributed by atoms with E-state index in [2.05, 4.69) is 0 Å². The van der Waals surface area contributed by atoms with Gasteiger partial charge in [-0.05, 0) is 22.9 Å². The van der Waals surface area contributed by atoms with Crippen LogP contribution in [0.15, 0.2) is 36.4 Å². The molecule has 5 heteroatoms. The van der Waals surface area contributed by atoms with Crippen LogP contribution in [-0.2, 0) is 6.18 Å². The van der Waals surface area contributed by atoms with Gasteiger partial charge < -0.3 is 5.73 Å². The predicted molar refractivity (Wildman–Crippen MR) is 57.5 cm³/mol. The van der Waals surface area contributed by atoms with Gasteiger partial charge in [0.15, 0.2) is 0 Å². The second kappa shape index (κ2) is 3.76. The molecular formula is C12H8F3NO. The standard InChI is InChI=1S/C12H8F3NO/c13-12(14,15)10-6-8-4-2-1-3-7(8)5-9(10)11(16)17/h1-6H,(H2,16,17). The maximum absolute atomic E-state index is 12.7. The van der Waals surface area contributed by atoms with Crippen LogP contribution < -0.4 is 5.73 Å². The molecule has 88 valence electrons. The molecule has 2 rings (SSSR count). The number of alkyl halides is 3. The highest BCUT2D eigenvalue weighted by atomic mass is 19.4. The molecule has 0 radical (unpaired) electrons. The zero-order chi connectivity index (χ0) is 12.6. The molecule has 17 heavy (non-hydrogen) atoms. The van der Waals surface area contributed by atoms with Gasteiger partial charge in [-0.2, -0.15) is 13.2 Å². The van der Waals surface area contributed by atoms with E-state index in [4.69, 9.17) is 5.73 Å². The molecule has 0 aliphatic carbocycles. The molecule has 0 aliphatic heterocycles. The van der Waals surface area contributed by atoms with Crippen LogP contribution in [0, 0.1) is 0 Å². The molecule has 0 saturated heterocycles. The quantitative estimate of drug-likeness (QED) is 0.816. The number of rotatable bonds is 1. The molecule has 0 heterocycles. The summed E-state index contributed by atoms with van der Waals surface area (Å²) in [6.45, 7) is 0. The number of hydrogen-bond donors (Lipinski definition) is 1. The van der Waals surface area contributed by atoms with Crippen molar-refractivity contribution in [3.8, 4) is 0 Å². The second-order valence-electron chi connectivity index (χ2n) is 3.61. The van der Waals surface area contributed by atoms with E-state index in [-0.39, 0.29) is 0 Å². The first-order valence-electron chi connectivity index (χ1n) is 4.79. The Morgan fingerprint density at radius 1 is 1.06 bits per heavy atom. The van der Waals surface area contributed by atoms with Crippen molar-refractivity contribution in [1.29, 1.82) is 0 Å². The van der Waals surface area contributed by atoms with Crippen LogP contribution in [0.4, 0.5) is 13.2 Å². The first kappa shape index (κ1) is 11.4. The normalized spacial score (nSPS) is 11.7. The highest BCUT2D eigenvalue weighted by Gasteiger charge is 2.35. The lowest BCUT2D eigenvalue weighted by Gasteiger charge is -2.12. The summed E-state index contributed by atoms with van der Waals surface area (Å²) < 4.78 is 38.2. The van der Waals surface area contributed by atoms with Crippen molar-refractivity contribution in [2.24, 2.45) is 5.73 Å². The van der Waals surface area contributed by atoms with Gasteiger partial charge in [-0.1, -0.05) is 24.3 Å². The van der Waals surface area contributed by atoms with Gasteiger partial charge in [0.05, 0.1) is 11.1 Å². The van der Waals surface area contributed by atoms with Gasteiger partial charge >= 0.3 is 6.18 Å². The summed E-state index contributed by atoms with van der Waals surface area (Å²) in [6.07, 6.45) is -4.59. The highest BCUT2D eigenvalue weighted by Crippen LogP contribution is 2.34. The average Bonchev–Trinajstić information content (AvgIpc) is 2.26. The average molecular weight is 239 g/mol. The molecule has 2 N–H and O–H groups in total. The molecule has 0 aromatic heterocycles. The number of halogens is 3. The van der Waals surface area contributed by atoms with Gasteiger partial charge in [-0.25, -0.2) is 0 Å². The molecule has 2 aromatic rings. The Balaban J connectivity index is 2.80. The van der Waals surface area contributed by atoms with Crippen molar-refractivity contribution in [3.63, 3.8) is 0 Å². The Morgan fingerprint density at radius 2 is 1.59 bits per heavy atom. The van der Waals surface area contributed by atoms with Crippen molar-refractivity contribution in [2.45, 2.75) is 6.18 Å². The minimum Gasteiger partial charge on any atom is -0.366 e. The fourth-order valence-corrected chi connectivity index (χ4v) is 1.68. The third-order valence-corrected chi connectivity index (χ3v) is 2.46. The minimum absolute atomic E-state index is 0.421. The van der Waals surface area contributed by atoms with Gasteiger partial charge in [-0.15, -0.1) is 0 Å². The van der Waals surface area contributed by atoms with E-state index < -0.39 is 23.2 Å².